The Bertz CT molecular complexity index is 546. The van der Waals surface area contributed by atoms with Crippen LogP contribution in [0.1, 0.15) is 38.8 Å². The third-order valence-corrected chi connectivity index (χ3v) is 4.41. The van der Waals surface area contributed by atoms with Gasteiger partial charge in [-0.1, -0.05) is 12.1 Å². The van der Waals surface area contributed by atoms with Crippen molar-refractivity contribution in [3.05, 3.63) is 34.8 Å². The second-order valence-corrected chi connectivity index (χ2v) is 7.01. The molecule has 0 bridgehead atoms. The van der Waals surface area contributed by atoms with Crippen molar-refractivity contribution in [2.24, 2.45) is 0 Å². The SMILES string of the molecule is CNCC(=Cc1cc(C)cc(N)c1)B1OC(C)(C)C(C)(C)O1. The number of nitrogens with two attached hydrogens (primary N) is 1. The number of benzene rings is 1. The van der Waals surface area contributed by atoms with Gasteiger partial charge >= 0.3 is 7.12 Å². The van der Waals surface area contributed by atoms with Crippen molar-refractivity contribution in [1.82, 2.24) is 5.32 Å². The highest BCUT2D eigenvalue weighted by Gasteiger charge is 2.52. The van der Waals surface area contributed by atoms with Crippen molar-refractivity contribution in [3.8, 4) is 0 Å². The van der Waals surface area contributed by atoms with Gasteiger partial charge in [0, 0.05) is 12.2 Å². The third-order valence-electron chi connectivity index (χ3n) is 4.41. The van der Waals surface area contributed by atoms with E-state index in [0.717, 1.165) is 22.3 Å². The van der Waals surface area contributed by atoms with Gasteiger partial charge in [0.25, 0.3) is 0 Å². The number of hydrogen-bond donors (Lipinski definition) is 2. The van der Waals surface area contributed by atoms with Gasteiger partial charge in [0.05, 0.1) is 11.2 Å². The van der Waals surface area contributed by atoms with Crippen LogP contribution in [0, 0.1) is 6.92 Å². The van der Waals surface area contributed by atoms with Crippen LogP contribution in [-0.4, -0.2) is 31.9 Å². The molecule has 1 saturated heterocycles. The number of hydrogen-bond acceptors (Lipinski definition) is 4. The highest BCUT2D eigenvalue weighted by molar-refractivity contribution is 6.55. The minimum absolute atomic E-state index is 0.337. The summed E-state index contributed by atoms with van der Waals surface area (Å²) in [5.41, 5.74) is 9.31. The maximum Gasteiger partial charge on any atom is 0.491 e. The highest BCUT2D eigenvalue weighted by Crippen LogP contribution is 2.38. The summed E-state index contributed by atoms with van der Waals surface area (Å²) in [6, 6.07) is 6.04. The van der Waals surface area contributed by atoms with Crippen LogP contribution in [0.5, 0.6) is 0 Å². The average Bonchev–Trinajstić information content (AvgIpc) is 2.56. The Morgan fingerprint density at radius 3 is 2.27 bits per heavy atom. The second-order valence-electron chi connectivity index (χ2n) is 7.01. The summed E-state index contributed by atoms with van der Waals surface area (Å²) in [4.78, 5) is 0. The molecule has 1 fully saturated rings. The van der Waals surface area contributed by atoms with E-state index in [1.54, 1.807) is 0 Å². The van der Waals surface area contributed by atoms with Crippen LogP contribution in [-0.2, 0) is 9.31 Å². The number of nitrogens with one attached hydrogen (secondary N) is 1. The van der Waals surface area contributed by atoms with Crippen LogP contribution >= 0.6 is 0 Å². The van der Waals surface area contributed by atoms with E-state index >= 15 is 0 Å². The predicted molar refractivity (Wildman–Crippen MR) is 93.6 cm³/mol. The first-order valence-corrected chi connectivity index (χ1v) is 7.72. The fourth-order valence-electron chi connectivity index (χ4n) is 2.54. The standard InChI is InChI=1S/C17H27BN2O2/c1-12-7-13(10-15(19)8-12)9-14(11-20-6)18-21-16(2,3)17(4,5)22-18/h7-10,20H,11,19H2,1-6H3. The molecule has 0 unspecified atom stereocenters. The Balaban J connectivity index is 2.33. The van der Waals surface area contributed by atoms with Crippen molar-refractivity contribution < 1.29 is 9.31 Å². The molecule has 0 aromatic heterocycles. The monoisotopic (exact) mass is 302 g/mol. The van der Waals surface area contributed by atoms with E-state index in [1.807, 2.05) is 26.1 Å². The summed E-state index contributed by atoms with van der Waals surface area (Å²) >= 11 is 0. The summed E-state index contributed by atoms with van der Waals surface area (Å²) < 4.78 is 12.3. The van der Waals surface area contributed by atoms with Gasteiger partial charge in [-0.2, -0.15) is 0 Å². The molecule has 0 amide bonds. The summed E-state index contributed by atoms with van der Waals surface area (Å²) in [7, 11) is 1.57. The lowest BCUT2D eigenvalue weighted by molar-refractivity contribution is 0.00578. The lowest BCUT2D eigenvalue weighted by Crippen LogP contribution is -2.41. The van der Waals surface area contributed by atoms with Gasteiger partial charge in [-0.05, 0) is 70.4 Å². The number of rotatable bonds is 4. The van der Waals surface area contributed by atoms with E-state index in [1.165, 1.54) is 0 Å². The van der Waals surface area contributed by atoms with Crippen LogP contribution in [0.3, 0.4) is 0 Å². The summed E-state index contributed by atoms with van der Waals surface area (Å²) in [6.07, 6.45) is 2.10. The minimum Gasteiger partial charge on any atom is -0.400 e. The molecule has 1 aromatic carbocycles. The quantitative estimate of drug-likeness (QED) is 0.663. The Hall–Kier alpha value is -1.30. The van der Waals surface area contributed by atoms with Crippen molar-refractivity contribution in [3.63, 3.8) is 0 Å². The first-order valence-electron chi connectivity index (χ1n) is 7.72. The molecule has 1 aliphatic heterocycles. The van der Waals surface area contributed by atoms with Crippen LogP contribution in [0.25, 0.3) is 6.08 Å². The maximum absolute atomic E-state index is 6.15. The third kappa shape index (κ3) is 3.54. The average molecular weight is 302 g/mol. The molecule has 0 saturated carbocycles. The fourth-order valence-corrected chi connectivity index (χ4v) is 2.54. The molecule has 0 radical (unpaired) electrons. The molecule has 1 aromatic rings. The van der Waals surface area contributed by atoms with Gasteiger partial charge < -0.3 is 20.4 Å². The Morgan fingerprint density at radius 2 is 1.77 bits per heavy atom. The van der Waals surface area contributed by atoms with E-state index in [9.17, 15) is 0 Å². The molecule has 120 valence electrons. The summed E-state index contributed by atoms with van der Waals surface area (Å²) in [5, 5.41) is 3.19. The van der Waals surface area contributed by atoms with Crippen LogP contribution < -0.4 is 11.1 Å². The number of likely N-dealkylation sites (N-methyl/N-ethyl adjacent to an activating group) is 1. The van der Waals surface area contributed by atoms with Crippen molar-refractivity contribution >= 4 is 18.9 Å². The van der Waals surface area contributed by atoms with E-state index in [0.29, 0.717) is 6.54 Å². The minimum atomic E-state index is -0.348. The maximum atomic E-state index is 6.15. The lowest BCUT2D eigenvalue weighted by atomic mass is 9.77. The van der Waals surface area contributed by atoms with Gasteiger partial charge in [0.1, 0.15) is 0 Å². The van der Waals surface area contributed by atoms with Crippen molar-refractivity contribution in [1.29, 1.82) is 0 Å². The molecule has 1 aliphatic rings. The Labute approximate surface area is 134 Å². The fraction of sp³-hybridized carbons (Fsp3) is 0.529. The highest BCUT2D eigenvalue weighted by atomic mass is 16.7. The van der Waals surface area contributed by atoms with Crippen LogP contribution in [0.4, 0.5) is 5.69 Å². The smallest absolute Gasteiger partial charge is 0.400 e. The Kier molecular flexibility index (Phi) is 4.71. The van der Waals surface area contributed by atoms with E-state index < -0.39 is 0 Å². The molecular weight excluding hydrogens is 275 g/mol. The normalized spacial score (nSPS) is 20.5. The Morgan fingerprint density at radius 1 is 1.18 bits per heavy atom. The van der Waals surface area contributed by atoms with Crippen LogP contribution in [0.2, 0.25) is 0 Å². The topological polar surface area (TPSA) is 56.5 Å². The molecule has 0 spiro atoms. The molecule has 1 heterocycles. The van der Waals surface area contributed by atoms with E-state index in [2.05, 4.69) is 45.2 Å². The second kappa shape index (κ2) is 6.07. The number of nitrogen functional groups attached to an aromatic ring is 1. The largest absolute Gasteiger partial charge is 0.491 e. The summed E-state index contributed by atoms with van der Waals surface area (Å²) in [5.74, 6) is 0. The molecule has 3 N–H and O–H groups in total. The molecule has 2 rings (SSSR count). The molecule has 0 atom stereocenters. The van der Waals surface area contributed by atoms with Gasteiger partial charge in [-0.3, -0.25) is 0 Å². The molecular formula is C17H27BN2O2. The first kappa shape index (κ1) is 17.1. The molecule has 4 nitrogen and oxygen atoms in total. The van der Waals surface area contributed by atoms with Crippen molar-refractivity contribution in [2.75, 3.05) is 19.3 Å². The lowest BCUT2D eigenvalue weighted by Gasteiger charge is -2.32. The van der Waals surface area contributed by atoms with E-state index in [-0.39, 0.29) is 18.3 Å². The molecule has 5 heteroatoms. The first-order chi connectivity index (χ1) is 10.1. The van der Waals surface area contributed by atoms with Gasteiger partial charge in [0.15, 0.2) is 0 Å². The van der Waals surface area contributed by atoms with Crippen molar-refractivity contribution in [2.45, 2.75) is 45.8 Å². The van der Waals surface area contributed by atoms with Gasteiger partial charge in [-0.15, -0.1) is 0 Å². The molecule has 0 aliphatic carbocycles. The number of anilines is 1. The van der Waals surface area contributed by atoms with Gasteiger partial charge in [-0.25, -0.2) is 0 Å². The zero-order chi connectivity index (χ0) is 16.5. The van der Waals surface area contributed by atoms with Gasteiger partial charge in [0.2, 0.25) is 0 Å². The predicted octanol–water partition coefficient (Wildman–Crippen LogP) is 2.81. The van der Waals surface area contributed by atoms with Crippen LogP contribution in [0.15, 0.2) is 23.7 Å². The summed E-state index contributed by atoms with van der Waals surface area (Å²) in [6.45, 7) is 11.0. The zero-order valence-electron chi connectivity index (χ0n) is 14.5. The number of aryl methyl sites for hydroxylation is 1. The van der Waals surface area contributed by atoms with E-state index in [4.69, 9.17) is 15.0 Å². The molecule has 22 heavy (non-hydrogen) atoms. The zero-order valence-corrected chi connectivity index (χ0v) is 14.5.